The first-order chi connectivity index (χ1) is 8.99. The van der Waals surface area contributed by atoms with E-state index in [4.69, 9.17) is 9.84 Å². The molecular formula is C16H25NaO3. The van der Waals surface area contributed by atoms with Crippen LogP contribution in [0.2, 0.25) is 2.66 Å². The molecule has 0 aliphatic heterocycles. The summed E-state index contributed by atoms with van der Waals surface area (Å²) in [5.74, 6) is -0.385. The minimum Gasteiger partial charge on any atom is -0.482 e. The average Bonchev–Trinajstić information content (AvgIpc) is 2.23. The molecule has 20 heavy (non-hydrogen) atoms. The van der Waals surface area contributed by atoms with Crippen molar-refractivity contribution in [2.24, 2.45) is 5.41 Å². The van der Waals surface area contributed by atoms with Crippen molar-refractivity contribution in [3.63, 3.8) is 0 Å². The first-order valence-corrected chi connectivity index (χ1v) is 7.89. The van der Waals surface area contributed by atoms with Crippen LogP contribution in [0.25, 0.3) is 0 Å². The summed E-state index contributed by atoms with van der Waals surface area (Å²) in [7, 11) is 0. The largest absolute Gasteiger partial charge is 0.482 e. The van der Waals surface area contributed by atoms with Crippen molar-refractivity contribution in [1.82, 2.24) is 0 Å². The molecule has 0 amide bonds. The summed E-state index contributed by atoms with van der Waals surface area (Å²) in [6.45, 7) is 11.4. The minimum absolute atomic E-state index is 0.288. The third-order valence-electron chi connectivity index (χ3n) is 2.17. The van der Waals surface area contributed by atoms with Crippen LogP contribution in [-0.4, -0.2) is 45.6 Å². The van der Waals surface area contributed by atoms with Gasteiger partial charge in [0.25, 0.3) is 0 Å². The summed E-state index contributed by atoms with van der Waals surface area (Å²) < 4.78 is 5.49. The maximum Gasteiger partial charge on any atom is 0.341 e. The van der Waals surface area contributed by atoms with Crippen molar-refractivity contribution in [1.29, 1.82) is 0 Å². The van der Waals surface area contributed by atoms with Gasteiger partial charge in [0, 0.05) is 0 Å². The first-order valence-electron chi connectivity index (χ1n) is 6.89. The fourth-order valence-corrected chi connectivity index (χ4v) is 3.31. The van der Waals surface area contributed by atoms with Gasteiger partial charge in [0.15, 0.2) is 6.61 Å². The number of carbonyl (C=O) groups is 1. The molecule has 0 radical (unpaired) electrons. The molecule has 0 aromatic heterocycles. The summed E-state index contributed by atoms with van der Waals surface area (Å²) in [6.07, 6.45) is 1.35. The molecule has 3 nitrogen and oxygen atoms in total. The van der Waals surface area contributed by atoms with E-state index in [1.54, 1.807) is 24.3 Å². The molecule has 0 atom stereocenters. The molecule has 1 rings (SSSR count). The average molecular weight is 288 g/mol. The number of aliphatic carboxylic acids is 1. The predicted molar refractivity (Wildman–Crippen MR) is 83.4 cm³/mol. The summed E-state index contributed by atoms with van der Waals surface area (Å²) in [4.78, 5) is 10.0. The Labute approximate surface area is 140 Å². The molecule has 0 spiro atoms. The molecule has 0 unspecified atom stereocenters. The summed E-state index contributed by atoms with van der Waals surface area (Å²) in [5.41, 5.74) is 0.519. The van der Waals surface area contributed by atoms with Crippen LogP contribution < -0.4 is 4.74 Å². The van der Waals surface area contributed by atoms with E-state index in [-0.39, 0.29) is 6.61 Å². The summed E-state index contributed by atoms with van der Waals surface area (Å²) in [5, 5.41) is 8.25. The molecule has 0 aliphatic rings. The maximum absolute atomic E-state index is 10.0. The quantitative estimate of drug-likeness (QED) is 0.854. The number of hydrogen-bond acceptors (Lipinski definition) is 2. The van der Waals surface area contributed by atoms with E-state index in [0.717, 1.165) is 0 Å². The van der Waals surface area contributed by atoms with Crippen LogP contribution in [-0.2, 0) is 4.79 Å². The van der Waals surface area contributed by atoms with Gasteiger partial charge in [0.05, 0.1) is 0 Å². The Kier molecular flexibility index (Phi) is 8.48. The third kappa shape index (κ3) is 13.9. The van der Waals surface area contributed by atoms with E-state index in [1.165, 1.54) is 34.4 Å². The number of benzene rings is 1. The fourth-order valence-electron chi connectivity index (χ4n) is 2.25. The first kappa shape index (κ1) is 19.5. The Morgan fingerprint density at radius 1 is 1.15 bits per heavy atom. The van der Waals surface area contributed by atoms with Gasteiger partial charge >= 0.3 is 83.0 Å². The molecule has 0 heterocycles. The predicted octanol–water partition coefficient (Wildman–Crippen LogP) is 3.94. The standard InChI is InChI=1S/C8H8O3.C8H17.Na/c9-8(10)6-11-7-4-2-1-3-5-7;1-7(2)6-8(3,4)5;/h1-5H,6H2,(H,9,10);6H2,1-5H3;. The second kappa shape index (κ2) is 8.71. The Morgan fingerprint density at radius 2 is 1.65 bits per heavy atom. The molecular weight excluding hydrogens is 263 g/mol. The molecule has 0 bridgehead atoms. The fraction of sp³-hybridized carbons (Fsp3) is 0.562. The molecule has 1 N–H and O–H groups in total. The van der Waals surface area contributed by atoms with Crippen LogP contribution >= 0.6 is 0 Å². The van der Waals surface area contributed by atoms with E-state index < -0.39 is 5.97 Å². The normalized spacial score (nSPS) is 11.3. The number of rotatable bonds is 4. The zero-order valence-electron chi connectivity index (χ0n) is 13.6. The van der Waals surface area contributed by atoms with E-state index >= 15 is 0 Å². The van der Waals surface area contributed by atoms with Crippen LogP contribution in [0, 0.1) is 5.41 Å². The van der Waals surface area contributed by atoms with Crippen molar-refractivity contribution in [2.75, 3.05) is 6.61 Å². The van der Waals surface area contributed by atoms with Gasteiger partial charge in [-0.25, -0.2) is 4.79 Å². The monoisotopic (exact) mass is 288 g/mol. The van der Waals surface area contributed by atoms with E-state index in [9.17, 15) is 4.79 Å². The van der Waals surface area contributed by atoms with Crippen molar-refractivity contribution >= 4 is 33.9 Å². The van der Waals surface area contributed by atoms with Crippen LogP contribution in [0.4, 0.5) is 0 Å². The molecule has 1 aromatic carbocycles. The van der Waals surface area contributed by atoms with Gasteiger partial charge < -0.3 is 9.84 Å². The van der Waals surface area contributed by atoms with Crippen LogP contribution in [0.3, 0.4) is 0 Å². The maximum atomic E-state index is 10.0. The Hall–Kier alpha value is -0.510. The summed E-state index contributed by atoms with van der Waals surface area (Å²) >= 11 is 1.31. The molecule has 0 saturated carbocycles. The molecule has 4 heteroatoms. The SMILES string of the molecule is CC(C)(C)C[C](C)(C)[Na].O=C(O)COc1ccccc1. The van der Waals surface area contributed by atoms with Crippen molar-refractivity contribution < 1.29 is 14.6 Å². The van der Waals surface area contributed by atoms with Crippen molar-refractivity contribution in [3.05, 3.63) is 30.3 Å². The summed E-state index contributed by atoms with van der Waals surface area (Å²) in [6, 6.07) is 8.84. The van der Waals surface area contributed by atoms with Crippen molar-refractivity contribution in [3.8, 4) is 5.75 Å². The number of carboxylic acids is 1. The Bertz CT molecular complexity index is 376. The second-order valence-corrected chi connectivity index (χ2v) is 10.0. The van der Waals surface area contributed by atoms with Gasteiger partial charge in [0.2, 0.25) is 0 Å². The topological polar surface area (TPSA) is 46.5 Å². The molecule has 0 fully saturated rings. The van der Waals surface area contributed by atoms with Crippen molar-refractivity contribution in [2.45, 2.75) is 43.7 Å². The van der Waals surface area contributed by atoms with Gasteiger partial charge in [-0.1, -0.05) is 18.2 Å². The zero-order valence-corrected chi connectivity index (χ0v) is 15.6. The molecule has 0 saturated heterocycles. The molecule has 0 aliphatic carbocycles. The van der Waals surface area contributed by atoms with E-state index in [0.29, 0.717) is 13.8 Å². The Morgan fingerprint density at radius 3 is 1.95 bits per heavy atom. The van der Waals surface area contributed by atoms with Crippen LogP contribution in [0.15, 0.2) is 30.3 Å². The van der Waals surface area contributed by atoms with Crippen LogP contribution in [0.1, 0.15) is 41.0 Å². The third-order valence-corrected chi connectivity index (χ3v) is 2.52. The Balaban J connectivity index is 0.000000370. The molecule has 1 aromatic rings. The zero-order chi connectivity index (χ0) is 15.8. The number of para-hydroxylation sites is 1. The number of ether oxygens (including phenoxy) is 1. The molecule has 108 valence electrons. The second-order valence-electron chi connectivity index (χ2n) is 7.29. The van der Waals surface area contributed by atoms with Gasteiger partial charge in [-0.05, 0) is 12.1 Å². The van der Waals surface area contributed by atoms with Gasteiger partial charge in [0.1, 0.15) is 5.75 Å². The number of hydrogen-bond donors (Lipinski definition) is 1. The number of carboxylic acid groups (broad SMARTS) is 1. The van der Waals surface area contributed by atoms with E-state index in [2.05, 4.69) is 34.6 Å². The smallest absolute Gasteiger partial charge is 0.341 e. The van der Waals surface area contributed by atoms with Gasteiger partial charge in [-0.2, -0.15) is 0 Å². The van der Waals surface area contributed by atoms with Gasteiger partial charge in [-0.3, -0.25) is 0 Å². The van der Waals surface area contributed by atoms with Crippen LogP contribution in [0.5, 0.6) is 5.75 Å². The minimum atomic E-state index is -0.964. The van der Waals surface area contributed by atoms with Gasteiger partial charge in [-0.15, -0.1) is 0 Å². The van der Waals surface area contributed by atoms with E-state index in [1.807, 2.05) is 6.07 Å².